The summed E-state index contributed by atoms with van der Waals surface area (Å²) >= 11 is 0. The van der Waals surface area contributed by atoms with Crippen LogP contribution in [0.15, 0.2) is 9.21 Å². The summed E-state index contributed by atoms with van der Waals surface area (Å²) in [5, 5.41) is 14.1. The van der Waals surface area contributed by atoms with Crippen molar-refractivity contribution in [2.24, 2.45) is 0 Å². The quantitative estimate of drug-likeness (QED) is 0.750. The van der Waals surface area contributed by atoms with Crippen LogP contribution in [0.2, 0.25) is 0 Å². The van der Waals surface area contributed by atoms with E-state index >= 15 is 0 Å². The molecule has 1 fully saturated rings. The van der Waals surface area contributed by atoms with Crippen LogP contribution < -0.4 is 5.76 Å². The zero-order chi connectivity index (χ0) is 13.7. The Morgan fingerprint density at radius 1 is 1.37 bits per heavy atom. The van der Waals surface area contributed by atoms with Crippen LogP contribution in [0.25, 0.3) is 0 Å². The topological polar surface area (TPSA) is 80.7 Å². The first-order chi connectivity index (χ1) is 9.19. The molecule has 0 bridgehead atoms. The highest BCUT2D eigenvalue weighted by Gasteiger charge is 2.17. The van der Waals surface area contributed by atoms with Crippen molar-refractivity contribution in [1.82, 2.24) is 14.7 Å². The molecule has 2 heterocycles. The molecule has 7 nitrogen and oxygen atoms in total. The maximum absolute atomic E-state index is 11.5. The fraction of sp³-hybridized carbons (Fsp3) is 0.833. The molecule has 1 aliphatic rings. The zero-order valence-electron chi connectivity index (χ0n) is 11.2. The molecule has 1 aliphatic heterocycles. The van der Waals surface area contributed by atoms with E-state index in [0.29, 0.717) is 32.1 Å². The first-order valence-electron chi connectivity index (χ1n) is 6.74. The number of nitrogens with zero attached hydrogens (tertiary/aromatic N) is 3. The summed E-state index contributed by atoms with van der Waals surface area (Å²) in [7, 11) is 0. The number of rotatable bonds is 6. The molecule has 1 N–H and O–H groups in total. The smallest absolute Gasteiger partial charge is 0.392 e. The average Bonchev–Trinajstić information content (AvgIpc) is 2.71. The van der Waals surface area contributed by atoms with E-state index < -0.39 is 11.9 Å². The Labute approximate surface area is 111 Å². The van der Waals surface area contributed by atoms with E-state index in [1.54, 1.807) is 0 Å². The van der Waals surface area contributed by atoms with Gasteiger partial charge in [0.1, 0.15) is 0 Å². The highest BCUT2D eigenvalue weighted by atomic mass is 16.5. The van der Waals surface area contributed by atoms with E-state index in [0.717, 1.165) is 19.5 Å². The third kappa shape index (κ3) is 4.15. The number of aliphatic hydroxyl groups is 1. The van der Waals surface area contributed by atoms with Gasteiger partial charge < -0.3 is 14.3 Å². The normalized spacial score (nSPS) is 18.6. The summed E-state index contributed by atoms with van der Waals surface area (Å²) in [6.45, 7) is 5.69. The molecule has 1 atom stereocenters. The molecule has 0 saturated carbocycles. The van der Waals surface area contributed by atoms with Gasteiger partial charge >= 0.3 is 5.76 Å². The first kappa shape index (κ1) is 14.2. The molecule has 1 aromatic heterocycles. The second-order valence-electron chi connectivity index (χ2n) is 4.76. The van der Waals surface area contributed by atoms with Crippen molar-refractivity contribution in [2.75, 3.05) is 32.8 Å². The van der Waals surface area contributed by atoms with E-state index in [9.17, 15) is 9.90 Å². The minimum atomic E-state index is -0.629. The first-order valence-corrected chi connectivity index (χ1v) is 6.74. The van der Waals surface area contributed by atoms with Crippen molar-refractivity contribution < 1.29 is 14.3 Å². The monoisotopic (exact) mass is 271 g/mol. The molecular formula is C12H21N3O4. The molecule has 1 aromatic rings. The van der Waals surface area contributed by atoms with Crippen LogP contribution in [0.5, 0.6) is 0 Å². The average molecular weight is 271 g/mol. The zero-order valence-corrected chi connectivity index (χ0v) is 11.2. The predicted octanol–water partition coefficient (Wildman–Crippen LogP) is -0.518. The van der Waals surface area contributed by atoms with Crippen LogP contribution in [0, 0.1) is 0 Å². The van der Waals surface area contributed by atoms with Gasteiger partial charge in [0.15, 0.2) is 0 Å². The van der Waals surface area contributed by atoms with Crippen molar-refractivity contribution in [2.45, 2.75) is 32.4 Å². The number of aromatic nitrogens is 2. The number of β-amino-alcohol motifs (C(OH)–C–C–N with tert-alkyl or cyclic N) is 1. The molecule has 0 amide bonds. The molecule has 19 heavy (non-hydrogen) atoms. The van der Waals surface area contributed by atoms with Crippen molar-refractivity contribution >= 4 is 0 Å². The lowest BCUT2D eigenvalue weighted by Crippen LogP contribution is -2.42. The summed E-state index contributed by atoms with van der Waals surface area (Å²) in [5.41, 5.74) is 0. The molecule has 0 aliphatic carbocycles. The second-order valence-corrected chi connectivity index (χ2v) is 4.76. The Balaban J connectivity index is 1.87. The SMILES string of the molecule is CCCc1nn(CC(O)CN2CCOCC2)c(=O)o1. The van der Waals surface area contributed by atoms with Crippen LogP contribution in [0.4, 0.5) is 0 Å². The molecule has 0 radical (unpaired) electrons. The van der Waals surface area contributed by atoms with Crippen LogP contribution in [-0.2, 0) is 17.7 Å². The van der Waals surface area contributed by atoms with Crippen molar-refractivity contribution in [3.63, 3.8) is 0 Å². The Hall–Kier alpha value is -1.18. The van der Waals surface area contributed by atoms with Gasteiger partial charge in [-0.25, -0.2) is 4.79 Å². The molecule has 0 aromatic carbocycles. The van der Waals surface area contributed by atoms with Crippen LogP contribution >= 0.6 is 0 Å². The Kier molecular flexibility index (Phi) is 5.12. The molecule has 0 spiro atoms. The maximum atomic E-state index is 11.5. The molecular weight excluding hydrogens is 250 g/mol. The maximum Gasteiger partial charge on any atom is 0.437 e. The second kappa shape index (κ2) is 6.83. The van der Waals surface area contributed by atoms with Crippen LogP contribution in [0.1, 0.15) is 19.2 Å². The van der Waals surface area contributed by atoms with Gasteiger partial charge in [0.25, 0.3) is 0 Å². The summed E-state index contributed by atoms with van der Waals surface area (Å²) in [5.74, 6) is -0.0597. The van der Waals surface area contributed by atoms with E-state index in [1.165, 1.54) is 4.68 Å². The fourth-order valence-corrected chi connectivity index (χ4v) is 2.12. The van der Waals surface area contributed by atoms with Crippen molar-refractivity contribution in [1.29, 1.82) is 0 Å². The van der Waals surface area contributed by atoms with Gasteiger partial charge in [-0.1, -0.05) is 6.92 Å². The lowest BCUT2D eigenvalue weighted by molar-refractivity contribution is 0.0104. The molecule has 2 rings (SSSR count). The van der Waals surface area contributed by atoms with Gasteiger partial charge in [-0.2, -0.15) is 4.68 Å². The minimum absolute atomic E-state index is 0.170. The van der Waals surface area contributed by atoms with Gasteiger partial charge in [-0.05, 0) is 6.42 Å². The number of aryl methyl sites for hydroxylation is 1. The molecule has 1 saturated heterocycles. The van der Waals surface area contributed by atoms with E-state index in [1.807, 2.05) is 6.92 Å². The predicted molar refractivity (Wildman–Crippen MR) is 68.0 cm³/mol. The summed E-state index contributed by atoms with van der Waals surface area (Å²) < 4.78 is 11.4. The van der Waals surface area contributed by atoms with Gasteiger partial charge in [0, 0.05) is 26.1 Å². The van der Waals surface area contributed by atoms with E-state index in [2.05, 4.69) is 10.00 Å². The molecule has 7 heteroatoms. The third-order valence-electron chi connectivity index (χ3n) is 3.07. The van der Waals surface area contributed by atoms with E-state index in [4.69, 9.17) is 9.15 Å². The van der Waals surface area contributed by atoms with Crippen LogP contribution in [-0.4, -0.2) is 58.7 Å². The summed E-state index contributed by atoms with van der Waals surface area (Å²) in [6, 6.07) is 0. The Bertz CT molecular complexity index is 436. The van der Waals surface area contributed by atoms with E-state index in [-0.39, 0.29) is 6.54 Å². The number of aliphatic hydroxyl groups excluding tert-OH is 1. The minimum Gasteiger partial charge on any atom is -0.392 e. The van der Waals surface area contributed by atoms with Gasteiger partial charge in [0.05, 0.1) is 25.9 Å². The number of ether oxygens (including phenoxy) is 1. The lowest BCUT2D eigenvalue weighted by Gasteiger charge is -2.28. The Morgan fingerprint density at radius 3 is 2.79 bits per heavy atom. The largest absolute Gasteiger partial charge is 0.437 e. The Morgan fingerprint density at radius 2 is 2.11 bits per heavy atom. The lowest BCUT2D eigenvalue weighted by atomic mass is 10.3. The third-order valence-corrected chi connectivity index (χ3v) is 3.07. The van der Waals surface area contributed by atoms with Crippen molar-refractivity contribution in [3.8, 4) is 0 Å². The molecule has 1 unspecified atom stereocenters. The number of hydrogen-bond donors (Lipinski definition) is 1. The summed E-state index contributed by atoms with van der Waals surface area (Å²) in [6.07, 6.45) is 0.883. The molecule has 108 valence electrons. The number of morpholine rings is 1. The van der Waals surface area contributed by atoms with Gasteiger partial charge in [-0.15, -0.1) is 5.10 Å². The summed E-state index contributed by atoms with van der Waals surface area (Å²) in [4.78, 5) is 13.6. The number of hydrogen-bond acceptors (Lipinski definition) is 6. The van der Waals surface area contributed by atoms with Gasteiger partial charge in [-0.3, -0.25) is 4.90 Å². The highest BCUT2D eigenvalue weighted by molar-refractivity contribution is 4.76. The van der Waals surface area contributed by atoms with Crippen LogP contribution in [0.3, 0.4) is 0 Å². The van der Waals surface area contributed by atoms with Gasteiger partial charge in [0.2, 0.25) is 5.89 Å². The van der Waals surface area contributed by atoms with Crippen molar-refractivity contribution in [3.05, 3.63) is 16.4 Å². The fourth-order valence-electron chi connectivity index (χ4n) is 2.12. The highest BCUT2D eigenvalue weighted by Crippen LogP contribution is 2.01. The standard InChI is InChI=1S/C12H21N3O4/c1-2-3-11-13-15(12(17)19-11)9-10(16)8-14-4-6-18-7-5-14/h10,16H,2-9H2,1H3.